The van der Waals surface area contributed by atoms with Crippen LogP contribution in [0.2, 0.25) is 0 Å². The molecule has 12 heteroatoms. The summed E-state index contributed by atoms with van der Waals surface area (Å²) in [5.41, 5.74) is 1.02. The number of hydrogen-bond donors (Lipinski definition) is 2. The molecule has 3 atom stereocenters. The minimum absolute atomic E-state index is 0.0396. The summed E-state index contributed by atoms with van der Waals surface area (Å²) in [6, 6.07) is 14.8. The van der Waals surface area contributed by atoms with E-state index in [1.54, 1.807) is 46.7 Å². The molecule has 11 nitrogen and oxygen atoms in total. The van der Waals surface area contributed by atoms with Gasteiger partial charge in [-0.15, -0.1) is 11.3 Å². The van der Waals surface area contributed by atoms with Gasteiger partial charge in [-0.25, -0.2) is 0 Å². The highest BCUT2D eigenvalue weighted by molar-refractivity contribution is 7.10. The molecule has 1 aliphatic rings. The number of nitro benzene ring substituents is 1. The van der Waals surface area contributed by atoms with Gasteiger partial charge < -0.3 is 20.2 Å². The molecule has 3 aromatic rings. The molecule has 4 rings (SSSR count). The Bertz CT molecular complexity index is 1470. The van der Waals surface area contributed by atoms with Gasteiger partial charge in [0.05, 0.1) is 29.0 Å². The van der Waals surface area contributed by atoms with Gasteiger partial charge in [0.15, 0.2) is 0 Å². The van der Waals surface area contributed by atoms with Crippen LogP contribution in [0.4, 0.5) is 11.4 Å². The number of thiophene rings is 1. The number of carboxylic acids is 1. The third-order valence-electron chi connectivity index (χ3n) is 6.82. The van der Waals surface area contributed by atoms with Crippen LogP contribution in [0.1, 0.15) is 57.5 Å². The first kappa shape index (κ1) is 28.3. The Morgan fingerprint density at radius 2 is 1.82 bits per heavy atom. The molecule has 2 amide bonds. The average Bonchev–Trinajstić information content (AvgIpc) is 3.48. The fourth-order valence-corrected chi connectivity index (χ4v) is 5.56. The van der Waals surface area contributed by atoms with Gasteiger partial charge in [-0.3, -0.25) is 24.5 Å². The van der Waals surface area contributed by atoms with E-state index in [2.05, 4.69) is 5.32 Å². The summed E-state index contributed by atoms with van der Waals surface area (Å²) in [4.78, 5) is 53.3. The van der Waals surface area contributed by atoms with Gasteiger partial charge >= 0.3 is 5.97 Å². The molecule has 0 spiro atoms. The molecule has 0 radical (unpaired) electrons. The maximum atomic E-state index is 13.2. The molecule has 206 valence electrons. The summed E-state index contributed by atoms with van der Waals surface area (Å²) < 4.78 is 0. The Balaban J connectivity index is 1.54. The second kappa shape index (κ2) is 12.0. The predicted octanol–water partition coefficient (Wildman–Crippen LogP) is 4.21. The summed E-state index contributed by atoms with van der Waals surface area (Å²) in [6.07, 6.45) is -0.326. The minimum atomic E-state index is -1.08. The zero-order valence-electron chi connectivity index (χ0n) is 21.8. The normalized spacial score (nSPS) is 17.5. The van der Waals surface area contributed by atoms with E-state index in [1.807, 2.05) is 24.8 Å². The fraction of sp³-hybridized carbons (Fsp3) is 0.286. The first-order valence-electron chi connectivity index (χ1n) is 12.5. The van der Waals surface area contributed by atoms with Crippen molar-refractivity contribution >= 4 is 40.5 Å². The lowest BCUT2D eigenvalue weighted by molar-refractivity contribution is -0.384. The van der Waals surface area contributed by atoms with Crippen molar-refractivity contribution in [2.45, 2.75) is 38.4 Å². The summed E-state index contributed by atoms with van der Waals surface area (Å²) in [7, 11) is 0. The zero-order valence-corrected chi connectivity index (χ0v) is 22.6. The summed E-state index contributed by atoms with van der Waals surface area (Å²) in [5, 5.41) is 34.8. The monoisotopic (exact) mass is 561 g/mol. The number of benzene rings is 2. The first-order valence-corrected chi connectivity index (χ1v) is 13.4. The molecule has 40 heavy (non-hydrogen) atoms. The van der Waals surface area contributed by atoms with Gasteiger partial charge in [0.2, 0.25) is 0 Å². The van der Waals surface area contributed by atoms with E-state index in [9.17, 15) is 29.6 Å². The Labute approximate surface area is 234 Å². The number of hydrogen-bond acceptors (Lipinski definition) is 8. The van der Waals surface area contributed by atoms with Crippen LogP contribution < -0.4 is 10.2 Å². The van der Waals surface area contributed by atoms with Crippen LogP contribution in [-0.4, -0.2) is 57.9 Å². The lowest BCUT2D eigenvalue weighted by atomic mass is 10.0. The number of nitrogens with one attached hydrogen (secondary N) is 1. The van der Waals surface area contributed by atoms with Crippen molar-refractivity contribution in [1.29, 1.82) is 5.26 Å². The zero-order chi connectivity index (χ0) is 29.0. The Hall–Kier alpha value is -4.76. The highest BCUT2D eigenvalue weighted by Gasteiger charge is 2.35. The molecule has 0 aliphatic carbocycles. The molecule has 1 fully saturated rings. The molecule has 3 unspecified atom stereocenters. The third kappa shape index (κ3) is 6.10. The maximum Gasteiger partial charge on any atom is 0.305 e. The molecule has 1 aromatic heterocycles. The van der Waals surface area contributed by atoms with Crippen molar-refractivity contribution in [3.8, 4) is 6.07 Å². The average molecular weight is 562 g/mol. The highest BCUT2D eigenvalue weighted by atomic mass is 32.1. The number of carbonyl (C=O) groups excluding carboxylic acids is 2. The van der Waals surface area contributed by atoms with Crippen molar-refractivity contribution in [2.75, 3.05) is 18.0 Å². The number of aliphatic carboxylic acids is 1. The number of nitriles is 1. The molecular formula is C28H27N5O6S. The Morgan fingerprint density at radius 3 is 2.42 bits per heavy atom. The van der Waals surface area contributed by atoms with E-state index in [0.717, 1.165) is 0 Å². The standard InChI is InChI=1S/C28H27N5O6S/c1-17-16-32(28(37)20-7-5-19(14-29)6-8-20)18(2)15-31(17)23-10-9-21(12-24(23)33(38)39)27(36)30-22(13-26(34)35)25-4-3-11-40-25/h3-12,17-18,22H,13,15-16H2,1-2H3,(H,30,36)(H,34,35). The number of amides is 2. The van der Waals surface area contributed by atoms with Crippen molar-refractivity contribution in [1.82, 2.24) is 10.2 Å². The van der Waals surface area contributed by atoms with Crippen LogP contribution >= 0.6 is 11.3 Å². The van der Waals surface area contributed by atoms with Crippen LogP contribution in [0.15, 0.2) is 60.0 Å². The van der Waals surface area contributed by atoms with Crippen LogP contribution in [0, 0.1) is 21.4 Å². The van der Waals surface area contributed by atoms with Crippen LogP contribution in [0.5, 0.6) is 0 Å². The molecule has 1 saturated heterocycles. The molecule has 2 aromatic carbocycles. The Kier molecular flexibility index (Phi) is 8.45. The second-order valence-electron chi connectivity index (χ2n) is 9.60. The van der Waals surface area contributed by atoms with Gasteiger partial charge in [0, 0.05) is 47.2 Å². The van der Waals surface area contributed by atoms with Gasteiger partial charge in [-0.2, -0.15) is 5.26 Å². The van der Waals surface area contributed by atoms with Gasteiger partial charge in [-0.1, -0.05) is 6.07 Å². The predicted molar refractivity (Wildman–Crippen MR) is 148 cm³/mol. The van der Waals surface area contributed by atoms with Crippen LogP contribution in [-0.2, 0) is 4.79 Å². The van der Waals surface area contributed by atoms with E-state index < -0.39 is 22.8 Å². The molecule has 0 saturated carbocycles. The quantitative estimate of drug-likeness (QED) is 0.306. The third-order valence-corrected chi connectivity index (χ3v) is 7.81. The number of nitro groups is 1. The highest BCUT2D eigenvalue weighted by Crippen LogP contribution is 2.34. The lowest BCUT2D eigenvalue weighted by Crippen LogP contribution is -2.58. The minimum Gasteiger partial charge on any atom is -0.481 e. The number of nitrogens with zero attached hydrogens (tertiary/aromatic N) is 4. The molecule has 2 N–H and O–H groups in total. The largest absolute Gasteiger partial charge is 0.481 e. The number of rotatable bonds is 8. The van der Waals surface area contributed by atoms with Gasteiger partial charge in [-0.05, 0) is 61.7 Å². The number of piperazine rings is 1. The van der Waals surface area contributed by atoms with Crippen LogP contribution in [0.3, 0.4) is 0 Å². The van der Waals surface area contributed by atoms with E-state index in [4.69, 9.17) is 5.26 Å². The smallest absolute Gasteiger partial charge is 0.305 e. The molecule has 2 heterocycles. The topological polar surface area (TPSA) is 157 Å². The summed E-state index contributed by atoms with van der Waals surface area (Å²) in [6.45, 7) is 4.37. The SMILES string of the molecule is CC1CN(c2ccc(C(=O)NC(CC(=O)O)c3cccs3)cc2[N+](=O)[O-])C(C)CN1C(=O)c1ccc(C#N)cc1. The van der Waals surface area contributed by atoms with Gasteiger partial charge in [0.1, 0.15) is 5.69 Å². The van der Waals surface area contributed by atoms with Gasteiger partial charge in [0.25, 0.3) is 17.5 Å². The molecule has 0 bridgehead atoms. The fourth-order valence-electron chi connectivity index (χ4n) is 4.78. The van der Waals surface area contributed by atoms with E-state index in [0.29, 0.717) is 34.8 Å². The lowest BCUT2D eigenvalue weighted by Gasteiger charge is -2.45. The van der Waals surface area contributed by atoms with E-state index in [-0.39, 0.29) is 35.7 Å². The molecule has 1 aliphatic heterocycles. The van der Waals surface area contributed by atoms with E-state index >= 15 is 0 Å². The first-order chi connectivity index (χ1) is 19.1. The van der Waals surface area contributed by atoms with Crippen LogP contribution in [0.25, 0.3) is 0 Å². The maximum absolute atomic E-state index is 13.2. The van der Waals surface area contributed by atoms with Crippen molar-refractivity contribution in [2.24, 2.45) is 0 Å². The number of carboxylic acid groups (broad SMARTS) is 1. The second-order valence-corrected chi connectivity index (χ2v) is 10.6. The Morgan fingerprint density at radius 1 is 1.12 bits per heavy atom. The van der Waals surface area contributed by atoms with Crippen molar-refractivity contribution in [3.05, 3.63) is 91.7 Å². The van der Waals surface area contributed by atoms with E-state index in [1.165, 1.54) is 29.5 Å². The number of anilines is 1. The van der Waals surface area contributed by atoms with Crippen molar-refractivity contribution < 1.29 is 24.4 Å². The molecular weight excluding hydrogens is 534 g/mol. The number of carbonyl (C=O) groups is 3. The summed E-state index contributed by atoms with van der Waals surface area (Å²) >= 11 is 1.31. The summed E-state index contributed by atoms with van der Waals surface area (Å²) in [5.74, 6) is -1.89. The van der Waals surface area contributed by atoms with Crippen molar-refractivity contribution in [3.63, 3.8) is 0 Å².